The fourth-order valence-corrected chi connectivity index (χ4v) is 1.72. The Labute approximate surface area is 107 Å². The number of benzene rings is 1. The van der Waals surface area contributed by atoms with Crippen molar-refractivity contribution in [1.29, 1.82) is 0 Å². The van der Waals surface area contributed by atoms with Gasteiger partial charge in [-0.25, -0.2) is 9.36 Å². The van der Waals surface area contributed by atoms with E-state index in [9.17, 15) is 9.59 Å². The van der Waals surface area contributed by atoms with Crippen molar-refractivity contribution >= 4 is 23.2 Å². The third-order valence-electron chi connectivity index (χ3n) is 2.35. The highest BCUT2D eigenvalue weighted by Crippen LogP contribution is 2.11. The van der Waals surface area contributed by atoms with Crippen LogP contribution in [0.25, 0.3) is 5.69 Å². The lowest BCUT2D eigenvalue weighted by atomic mass is 10.3. The summed E-state index contributed by atoms with van der Waals surface area (Å²) < 4.78 is 2.22. The maximum absolute atomic E-state index is 11.9. The molecule has 0 aliphatic carbocycles. The minimum atomic E-state index is -0.496. The smallest absolute Gasteiger partial charge is 0.287 e. The van der Waals surface area contributed by atoms with Crippen LogP contribution in [-0.4, -0.2) is 9.13 Å². The van der Waals surface area contributed by atoms with Gasteiger partial charge in [-0.1, -0.05) is 23.2 Å². The van der Waals surface area contributed by atoms with Gasteiger partial charge in [-0.15, -0.1) is 0 Å². The molecule has 0 radical (unpaired) electrons. The molecule has 17 heavy (non-hydrogen) atoms. The Kier molecular flexibility index (Phi) is 3.09. The van der Waals surface area contributed by atoms with Gasteiger partial charge in [-0.3, -0.25) is 9.36 Å². The second kappa shape index (κ2) is 4.39. The standard InChI is InChI=1S/C11H8Cl2N2O2/c1-14-9(13)6-10(16)15(11(14)17)8-4-2-7(12)3-5-8/h2-6H,1H3. The van der Waals surface area contributed by atoms with Gasteiger partial charge in [0.2, 0.25) is 0 Å². The molecule has 0 atom stereocenters. The van der Waals surface area contributed by atoms with Gasteiger partial charge in [0.05, 0.1) is 5.69 Å². The van der Waals surface area contributed by atoms with Crippen molar-refractivity contribution in [2.45, 2.75) is 0 Å². The van der Waals surface area contributed by atoms with Crippen LogP contribution in [0.15, 0.2) is 39.9 Å². The lowest BCUT2D eigenvalue weighted by Crippen LogP contribution is -2.37. The van der Waals surface area contributed by atoms with Gasteiger partial charge in [-0.05, 0) is 24.3 Å². The zero-order valence-electron chi connectivity index (χ0n) is 8.85. The molecule has 0 aliphatic heterocycles. The van der Waals surface area contributed by atoms with Crippen molar-refractivity contribution in [3.63, 3.8) is 0 Å². The van der Waals surface area contributed by atoms with E-state index < -0.39 is 11.2 Å². The first-order valence-electron chi connectivity index (χ1n) is 4.75. The van der Waals surface area contributed by atoms with Crippen molar-refractivity contribution in [3.8, 4) is 5.69 Å². The Balaban J connectivity index is 2.77. The molecule has 4 nitrogen and oxygen atoms in total. The summed E-state index contributed by atoms with van der Waals surface area (Å²) in [5.41, 5.74) is -0.512. The van der Waals surface area contributed by atoms with Crippen LogP contribution < -0.4 is 11.2 Å². The molecular formula is C11H8Cl2N2O2. The van der Waals surface area contributed by atoms with E-state index in [1.807, 2.05) is 0 Å². The van der Waals surface area contributed by atoms with E-state index in [0.717, 1.165) is 4.57 Å². The predicted octanol–water partition coefficient (Wildman–Crippen LogP) is 1.84. The van der Waals surface area contributed by atoms with Gasteiger partial charge in [0, 0.05) is 18.1 Å². The summed E-state index contributed by atoms with van der Waals surface area (Å²) in [5, 5.41) is 0.637. The summed E-state index contributed by atoms with van der Waals surface area (Å²) in [4.78, 5) is 23.6. The van der Waals surface area contributed by atoms with Crippen LogP contribution in [0, 0.1) is 0 Å². The molecule has 0 spiro atoms. The normalized spacial score (nSPS) is 10.5. The molecule has 0 saturated carbocycles. The number of rotatable bonds is 1. The molecule has 0 bridgehead atoms. The molecule has 88 valence electrons. The minimum Gasteiger partial charge on any atom is -0.287 e. The number of hydrogen-bond donors (Lipinski definition) is 0. The highest BCUT2D eigenvalue weighted by atomic mass is 35.5. The molecule has 0 unspecified atom stereocenters. The zero-order chi connectivity index (χ0) is 12.6. The first kappa shape index (κ1) is 12.0. The van der Waals surface area contributed by atoms with Crippen molar-refractivity contribution < 1.29 is 0 Å². The second-order valence-corrected chi connectivity index (χ2v) is 4.28. The van der Waals surface area contributed by atoms with Crippen LogP contribution in [0.1, 0.15) is 0 Å². The van der Waals surface area contributed by atoms with Crippen LogP contribution in [0.2, 0.25) is 10.2 Å². The molecule has 1 heterocycles. The SMILES string of the molecule is Cn1c(Cl)cc(=O)n(-c2ccc(Cl)cc2)c1=O. The van der Waals surface area contributed by atoms with Crippen LogP contribution in [0.3, 0.4) is 0 Å². The monoisotopic (exact) mass is 270 g/mol. The van der Waals surface area contributed by atoms with Crippen molar-refractivity contribution in [3.05, 3.63) is 61.3 Å². The molecule has 2 rings (SSSR count). The van der Waals surface area contributed by atoms with E-state index in [0.29, 0.717) is 10.7 Å². The molecule has 2 aromatic rings. The van der Waals surface area contributed by atoms with Gasteiger partial charge >= 0.3 is 5.69 Å². The van der Waals surface area contributed by atoms with E-state index in [-0.39, 0.29) is 5.15 Å². The quantitative estimate of drug-likeness (QED) is 0.743. The average molecular weight is 271 g/mol. The van der Waals surface area contributed by atoms with Crippen molar-refractivity contribution in [1.82, 2.24) is 9.13 Å². The van der Waals surface area contributed by atoms with E-state index >= 15 is 0 Å². The maximum Gasteiger partial charge on any atom is 0.336 e. The van der Waals surface area contributed by atoms with Crippen LogP contribution in [-0.2, 0) is 7.05 Å². The van der Waals surface area contributed by atoms with E-state index in [1.54, 1.807) is 24.3 Å². The van der Waals surface area contributed by atoms with E-state index in [1.165, 1.54) is 17.7 Å². The summed E-state index contributed by atoms with van der Waals surface area (Å²) in [5.74, 6) is 0. The predicted molar refractivity (Wildman–Crippen MR) is 67.3 cm³/mol. The van der Waals surface area contributed by atoms with Gasteiger partial charge in [0.15, 0.2) is 0 Å². The highest BCUT2D eigenvalue weighted by Gasteiger charge is 2.08. The summed E-state index contributed by atoms with van der Waals surface area (Å²) >= 11 is 11.5. The average Bonchev–Trinajstić information content (AvgIpc) is 2.29. The number of aromatic nitrogens is 2. The Morgan fingerprint density at radius 1 is 1.06 bits per heavy atom. The van der Waals surface area contributed by atoms with E-state index in [2.05, 4.69) is 0 Å². The van der Waals surface area contributed by atoms with Gasteiger partial charge < -0.3 is 0 Å². The van der Waals surface area contributed by atoms with Crippen molar-refractivity contribution in [2.24, 2.45) is 7.05 Å². The van der Waals surface area contributed by atoms with E-state index in [4.69, 9.17) is 23.2 Å². The summed E-state index contributed by atoms with van der Waals surface area (Å²) in [6.07, 6.45) is 0. The second-order valence-electron chi connectivity index (χ2n) is 3.46. The molecule has 0 aliphatic rings. The minimum absolute atomic E-state index is 0.102. The molecule has 0 saturated heterocycles. The summed E-state index contributed by atoms with van der Waals surface area (Å²) in [6.45, 7) is 0. The Morgan fingerprint density at radius 2 is 1.65 bits per heavy atom. The van der Waals surface area contributed by atoms with Crippen LogP contribution >= 0.6 is 23.2 Å². The topological polar surface area (TPSA) is 44.0 Å². The third kappa shape index (κ3) is 2.14. The fourth-order valence-electron chi connectivity index (χ4n) is 1.43. The molecule has 1 aromatic carbocycles. The summed E-state index contributed by atoms with van der Waals surface area (Å²) in [7, 11) is 1.50. The zero-order valence-corrected chi connectivity index (χ0v) is 10.4. The Bertz CT molecular complexity index is 671. The summed E-state index contributed by atoms with van der Waals surface area (Å²) in [6, 6.07) is 7.60. The highest BCUT2D eigenvalue weighted by molar-refractivity contribution is 6.30. The number of halogens is 2. The lowest BCUT2D eigenvalue weighted by Gasteiger charge is -2.07. The number of nitrogens with zero attached hydrogens (tertiary/aromatic N) is 2. The Morgan fingerprint density at radius 3 is 2.24 bits per heavy atom. The first-order valence-corrected chi connectivity index (χ1v) is 5.51. The fraction of sp³-hybridized carbons (Fsp3) is 0.0909. The largest absolute Gasteiger partial charge is 0.336 e. The molecule has 0 fully saturated rings. The number of hydrogen-bond acceptors (Lipinski definition) is 2. The maximum atomic E-state index is 11.9. The van der Waals surface area contributed by atoms with Gasteiger partial charge in [0.1, 0.15) is 5.15 Å². The lowest BCUT2D eigenvalue weighted by molar-refractivity contribution is 0.739. The van der Waals surface area contributed by atoms with Crippen molar-refractivity contribution in [2.75, 3.05) is 0 Å². The third-order valence-corrected chi connectivity index (χ3v) is 2.96. The van der Waals surface area contributed by atoms with Gasteiger partial charge in [-0.2, -0.15) is 0 Å². The van der Waals surface area contributed by atoms with Crippen LogP contribution in [0.5, 0.6) is 0 Å². The first-order chi connectivity index (χ1) is 8.00. The van der Waals surface area contributed by atoms with Gasteiger partial charge in [0.25, 0.3) is 5.56 Å². The molecule has 6 heteroatoms. The molecule has 0 N–H and O–H groups in total. The molecule has 0 amide bonds. The molecular weight excluding hydrogens is 263 g/mol. The molecule has 1 aromatic heterocycles. The van der Waals surface area contributed by atoms with Crippen LogP contribution in [0.4, 0.5) is 0 Å². The Hall–Kier alpha value is -1.52.